The fourth-order valence-corrected chi connectivity index (χ4v) is 3.10. The van der Waals surface area contributed by atoms with E-state index < -0.39 is 18.1 Å². The van der Waals surface area contributed by atoms with Crippen LogP contribution < -0.4 is 38.5 Å². The van der Waals surface area contributed by atoms with Crippen molar-refractivity contribution in [2.75, 3.05) is 21.1 Å². The largest absolute Gasteiger partial charge is 1.00 e. The lowest BCUT2D eigenvalue weighted by Gasteiger charge is -2.23. The first-order valence-corrected chi connectivity index (χ1v) is 10.5. The van der Waals surface area contributed by atoms with Crippen molar-refractivity contribution in [3.63, 3.8) is 0 Å². The summed E-state index contributed by atoms with van der Waals surface area (Å²) in [5.41, 5.74) is 2.84. The first-order valence-electron chi connectivity index (χ1n) is 10.5. The Morgan fingerprint density at radius 3 is 1.91 bits per heavy atom. The highest BCUT2D eigenvalue weighted by Gasteiger charge is 2.24. The van der Waals surface area contributed by atoms with E-state index >= 15 is 0 Å². The van der Waals surface area contributed by atoms with Gasteiger partial charge in [0, 0.05) is 18.6 Å². The molecule has 0 saturated carbocycles. The van der Waals surface area contributed by atoms with Gasteiger partial charge in [0.25, 0.3) is 0 Å². The molecule has 33 heavy (non-hydrogen) atoms. The molecule has 3 aromatic carbocycles. The predicted molar refractivity (Wildman–Crippen MR) is 125 cm³/mol. The predicted octanol–water partition coefficient (Wildman–Crippen LogP) is 1.33. The van der Waals surface area contributed by atoms with E-state index in [9.17, 15) is 9.59 Å². The Bertz CT molecular complexity index is 1020. The van der Waals surface area contributed by atoms with Crippen molar-refractivity contribution in [2.45, 2.75) is 19.1 Å². The molecule has 0 aliphatic heterocycles. The third-order valence-corrected chi connectivity index (χ3v) is 4.90. The van der Waals surface area contributed by atoms with Gasteiger partial charge in [-0.3, -0.25) is 4.48 Å². The Morgan fingerprint density at radius 1 is 0.818 bits per heavy atom. The number of ether oxygens (including phenoxy) is 2. The van der Waals surface area contributed by atoms with Crippen molar-refractivity contribution in [1.82, 2.24) is 9.80 Å². The molecule has 0 spiro atoms. The van der Waals surface area contributed by atoms with E-state index in [1.165, 1.54) is 0 Å². The summed E-state index contributed by atoms with van der Waals surface area (Å²) in [6, 6.07) is 25.3. The molecule has 0 aromatic heterocycles. The van der Waals surface area contributed by atoms with E-state index in [0.717, 1.165) is 16.8 Å². The quantitative estimate of drug-likeness (QED) is 0.196. The second-order valence-corrected chi connectivity index (χ2v) is 8.38. The minimum atomic E-state index is -0.890. The van der Waals surface area contributed by atoms with Crippen molar-refractivity contribution >= 4 is 17.7 Å². The molecule has 0 radical (unpaired) electrons. The minimum Gasteiger partial charge on any atom is -1.00 e. The summed E-state index contributed by atoms with van der Waals surface area (Å²) in [5.74, 6) is -0.131. The molecular formula is C26H29IN2O4. The summed E-state index contributed by atoms with van der Waals surface area (Å²) in [5, 5.41) is 2.65. The molecule has 3 rings (SSSR count). The zero-order valence-electron chi connectivity index (χ0n) is 19.0. The molecule has 0 aliphatic carbocycles. The number of alkyl carbamates (subject to hydrolysis) is 1. The summed E-state index contributed by atoms with van der Waals surface area (Å²) in [6.07, 6.45) is -0.385. The van der Waals surface area contributed by atoms with E-state index in [1.807, 2.05) is 72.8 Å². The van der Waals surface area contributed by atoms with Gasteiger partial charge in [-0.2, -0.15) is 0 Å². The number of nitrogens with zero attached hydrogens (tertiary/aromatic N) is 1. The third-order valence-electron chi connectivity index (χ3n) is 4.90. The van der Waals surface area contributed by atoms with Crippen molar-refractivity contribution in [3.05, 3.63) is 96.1 Å². The summed E-state index contributed by atoms with van der Waals surface area (Å²) in [7, 11) is 6.17. The number of carbonyl (C=O) groups is 2. The summed E-state index contributed by atoms with van der Waals surface area (Å²) in [4.78, 5) is 25.3. The number of rotatable bonds is 8. The molecule has 0 aliphatic rings. The average Bonchev–Trinajstić information content (AvgIpc) is 2.78. The Labute approximate surface area is 212 Å². The van der Waals surface area contributed by atoms with Crippen molar-refractivity contribution in [1.29, 1.82) is 0 Å². The maximum atomic E-state index is 12.9. The fraction of sp³-hybridized carbons (Fsp3) is 0.231. The minimum absolute atomic E-state index is 0. The van der Waals surface area contributed by atoms with Gasteiger partial charge < -0.3 is 38.8 Å². The summed E-state index contributed by atoms with van der Waals surface area (Å²) < 4.78 is 11.5. The average molecular weight is 560 g/mol. The van der Waals surface area contributed by atoms with Crippen molar-refractivity contribution in [3.8, 4) is 5.75 Å². The number of esters is 1. The molecule has 1 atom stereocenters. The van der Waals surface area contributed by atoms with E-state index in [4.69, 9.17) is 9.47 Å². The van der Waals surface area contributed by atoms with E-state index in [1.54, 1.807) is 12.1 Å². The number of benzene rings is 3. The lowest BCUT2D eigenvalue weighted by molar-refractivity contribution is -0.136. The number of hydrogen-bond donors (Lipinski definition) is 1. The number of amides is 1. The molecule has 0 bridgehead atoms. The SMILES string of the molecule is C[N+](C)(C)c1ccc(OC(=O)[C@@H](Cc2ccccc2)NC(=O)OCc2ccccc2)cc1.[I-]. The van der Waals surface area contributed by atoms with E-state index in [0.29, 0.717) is 10.2 Å². The van der Waals surface area contributed by atoms with Crippen LogP contribution in [-0.2, 0) is 22.6 Å². The normalized spacial score (nSPS) is 11.6. The van der Waals surface area contributed by atoms with E-state index in [-0.39, 0.29) is 37.0 Å². The van der Waals surface area contributed by atoms with Gasteiger partial charge in [-0.15, -0.1) is 0 Å². The maximum Gasteiger partial charge on any atom is 0.408 e. The van der Waals surface area contributed by atoms with Crippen LogP contribution in [0, 0.1) is 0 Å². The van der Waals surface area contributed by atoms with Crippen LogP contribution >= 0.6 is 0 Å². The van der Waals surface area contributed by atoms with E-state index in [2.05, 4.69) is 26.5 Å². The Balaban J connectivity index is 0.00000385. The highest BCUT2D eigenvalue weighted by atomic mass is 127. The smallest absolute Gasteiger partial charge is 0.408 e. The summed E-state index contributed by atoms with van der Waals surface area (Å²) >= 11 is 0. The number of quaternary nitrogens is 1. The standard InChI is InChI=1S/C26H28N2O4.HI/c1-28(2,3)22-14-16-23(17-15-22)32-25(29)24(18-20-10-6-4-7-11-20)27-26(30)31-19-21-12-8-5-9-13-21;/h4-17,24H,18-19H2,1-3H3;1H/t24-;/m1./s1. The van der Waals surface area contributed by atoms with Gasteiger partial charge in [-0.25, -0.2) is 9.59 Å². The van der Waals surface area contributed by atoms with Crippen LogP contribution in [-0.4, -0.2) is 39.2 Å². The van der Waals surface area contributed by atoms with Crippen LogP contribution in [0.15, 0.2) is 84.9 Å². The number of carbonyl (C=O) groups excluding carboxylic acids is 2. The monoisotopic (exact) mass is 560 g/mol. The zero-order valence-corrected chi connectivity index (χ0v) is 21.2. The van der Waals surface area contributed by atoms with Crippen LogP contribution in [0.25, 0.3) is 0 Å². The topological polar surface area (TPSA) is 64.6 Å². The fourth-order valence-electron chi connectivity index (χ4n) is 3.10. The maximum absolute atomic E-state index is 12.9. The van der Waals surface area contributed by atoms with Crippen LogP contribution in [0.5, 0.6) is 5.75 Å². The highest BCUT2D eigenvalue weighted by Crippen LogP contribution is 2.21. The van der Waals surface area contributed by atoms with Gasteiger partial charge in [0.2, 0.25) is 0 Å². The molecule has 1 N–H and O–H groups in total. The Kier molecular flexibility index (Phi) is 9.87. The molecule has 6 nitrogen and oxygen atoms in total. The number of nitrogens with one attached hydrogen (secondary N) is 1. The summed E-state index contributed by atoms with van der Waals surface area (Å²) in [6.45, 7) is 0.117. The molecule has 0 fully saturated rings. The van der Waals surface area contributed by atoms with Gasteiger partial charge >= 0.3 is 12.1 Å². The van der Waals surface area contributed by atoms with Gasteiger partial charge in [-0.05, 0) is 23.3 Å². The van der Waals surface area contributed by atoms with Gasteiger partial charge in [0.1, 0.15) is 24.1 Å². The van der Waals surface area contributed by atoms with Crippen LogP contribution in [0.2, 0.25) is 0 Å². The lowest BCUT2D eigenvalue weighted by atomic mass is 10.1. The molecule has 0 heterocycles. The van der Waals surface area contributed by atoms with Gasteiger partial charge in [0.05, 0.1) is 21.1 Å². The second-order valence-electron chi connectivity index (χ2n) is 8.38. The third kappa shape index (κ3) is 8.51. The molecule has 1 amide bonds. The molecule has 3 aromatic rings. The van der Waals surface area contributed by atoms with Crippen molar-refractivity contribution in [2.24, 2.45) is 0 Å². The Hall–Kier alpha value is -2.91. The first-order chi connectivity index (χ1) is 15.3. The molecular weight excluding hydrogens is 531 g/mol. The second kappa shape index (κ2) is 12.4. The van der Waals surface area contributed by atoms with Gasteiger partial charge in [0.15, 0.2) is 0 Å². The molecule has 174 valence electrons. The number of halogens is 1. The van der Waals surface area contributed by atoms with Gasteiger partial charge in [-0.1, -0.05) is 60.7 Å². The number of hydrogen-bond acceptors (Lipinski definition) is 4. The lowest BCUT2D eigenvalue weighted by Crippen LogP contribution is -3.00. The molecule has 0 unspecified atom stereocenters. The van der Waals surface area contributed by atoms with Crippen LogP contribution in [0.3, 0.4) is 0 Å². The van der Waals surface area contributed by atoms with Crippen molar-refractivity contribution < 1.29 is 43.0 Å². The Morgan fingerprint density at radius 2 is 1.36 bits per heavy atom. The zero-order chi connectivity index (χ0) is 23.0. The molecule has 0 saturated heterocycles. The van der Waals surface area contributed by atoms with Crippen LogP contribution in [0.1, 0.15) is 11.1 Å². The highest BCUT2D eigenvalue weighted by molar-refractivity contribution is 5.83. The molecule has 7 heteroatoms. The first kappa shape index (κ1) is 26.3. The van der Waals surface area contributed by atoms with Crippen LogP contribution in [0.4, 0.5) is 10.5 Å².